The second-order valence-electron chi connectivity index (χ2n) is 7.05. The van der Waals surface area contributed by atoms with E-state index in [1.54, 1.807) is 31.2 Å². The lowest BCUT2D eigenvalue weighted by atomic mass is 10.0. The van der Waals surface area contributed by atoms with E-state index < -0.39 is 29.2 Å². The molecule has 4 rings (SSSR count). The Kier molecular flexibility index (Phi) is 6.35. The number of benzene rings is 2. The number of nitrogens with zero attached hydrogens (tertiary/aromatic N) is 2. The van der Waals surface area contributed by atoms with E-state index in [9.17, 15) is 24.2 Å². The molecule has 4 aromatic rings. The summed E-state index contributed by atoms with van der Waals surface area (Å²) >= 11 is 7.20. The molecule has 170 valence electrons. The van der Waals surface area contributed by atoms with Crippen LogP contribution in [0.15, 0.2) is 42.5 Å². The van der Waals surface area contributed by atoms with Crippen LogP contribution in [-0.4, -0.2) is 38.1 Å². The van der Waals surface area contributed by atoms with E-state index in [-0.39, 0.29) is 41.4 Å². The third kappa shape index (κ3) is 4.29. The van der Waals surface area contributed by atoms with Crippen LogP contribution in [0.3, 0.4) is 0 Å². The van der Waals surface area contributed by atoms with Gasteiger partial charge in [0.2, 0.25) is 5.88 Å². The molecule has 10 heteroatoms. The summed E-state index contributed by atoms with van der Waals surface area (Å²) < 4.78 is 21.5. The van der Waals surface area contributed by atoms with Crippen molar-refractivity contribution in [2.24, 2.45) is 0 Å². The second kappa shape index (κ2) is 9.21. The fraction of sp³-hybridized carbons (Fsp3) is 0.174. The predicted molar refractivity (Wildman–Crippen MR) is 123 cm³/mol. The quantitative estimate of drug-likeness (QED) is 0.264. The summed E-state index contributed by atoms with van der Waals surface area (Å²) in [5.74, 6) is -3.29. The highest BCUT2D eigenvalue weighted by molar-refractivity contribution is 7.20. The number of esters is 1. The lowest BCUT2D eigenvalue weighted by Gasteiger charge is -2.10. The Morgan fingerprint density at radius 2 is 1.94 bits per heavy atom. The summed E-state index contributed by atoms with van der Waals surface area (Å²) in [5, 5.41) is 22.2. The number of Topliss-reactive ketones (excluding diaryl/α,β-unsaturated/α-hetero) is 1. The Morgan fingerprint density at radius 3 is 2.67 bits per heavy atom. The Balaban J connectivity index is 1.91. The zero-order chi connectivity index (χ0) is 23.7. The molecule has 0 aliphatic heterocycles. The predicted octanol–water partition coefficient (Wildman–Crippen LogP) is 5.48. The van der Waals surface area contributed by atoms with E-state index in [1.165, 1.54) is 18.2 Å². The molecule has 0 unspecified atom stereocenters. The maximum absolute atomic E-state index is 14.8. The van der Waals surface area contributed by atoms with Crippen molar-refractivity contribution in [1.82, 2.24) is 9.55 Å². The third-order valence-electron chi connectivity index (χ3n) is 4.92. The summed E-state index contributed by atoms with van der Waals surface area (Å²) in [6.07, 6.45) is -0.527. The zero-order valence-corrected chi connectivity index (χ0v) is 18.9. The van der Waals surface area contributed by atoms with Gasteiger partial charge in [-0.05, 0) is 37.3 Å². The van der Waals surface area contributed by atoms with Crippen LogP contribution >= 0.6 is 22.9 Å². The number of aromatic hydroxyl groups is 2. The summed E-state index contributed by atoms with van der Waals surface area (Å²) in [6, 6.07) is 10.7. The minimum atomic E-state index is -0.723. The molecule has 7 nitrogen and oxygen atoms in total. The number of hydrogen-bond acceptors (Lipinski definition) is 7. The Morgan fingerprint density at radius 1 is 1.18 bits per heavy atom. The lowest BCUT2D eigenvalue weighted by molar-refractivity contribution is -0.143. The number of rotatable bonds is 7. The molecule has 0 bridgehead atoms. The van der Waals surface area contributed by atoms with Crippen LogP contribution in [0.4, 0.5) is 4.39 Å². The van der Waals surface area contributed by atoms with Crippen LogP contribution in [0.5, 0.6) is 11.6 Å². The van der Waals surface area contributed by atoms with Crippen molar-refractivity contribution < 1.29 is 28.9 Å². The molecule has 0 radical (unpaired) electrons. The Labute approximate surface area is 196 Å². The van der Waals surface area contributed by atoms with Crippen molar-refractivity contribution in [1.29, 1.82) is 0 Å². The van der Waals surface area contributed by atoms with Crippen LogP contribution in [0.2, 0.25) is 5.02 Å². The summed E-state index contributed by atoms with van der Waals surface area (Å²) in [7, 11) is 0. The third-order valence-corrected chi connectivity index (χ3v) is 6.16. The molecule has 2 N–H and O–H groups in total. The van der Waals surface area contributed by atoms with Crippen LogP contribution < -0.4 is 0 Å². The molecule has 0 aliphatic carbocycles. The molecular formula is C23H18ClFN2O5S. The number of carbonyl (C=O) groups excluding carboxylic acids is 2. The summed E-state index contributed by atoms with van der Waals surface area (Å²) in [4.78, 5) is 29.2. The Hall–Kier alpha value is -3.43. The number of aromatic nitrogens is 2. The first-order valence-electron chi connectivity index (χ1n) is 9.98. The van der Waals surface area contributed by atoms with Crippen LogP contribution in [-0.2, 0) is 9.53 Å². The molecule has 0 spiro atoms. The smallest absolute Gasteiger partial charge is 0.306 e. The molecular weight excluding hydrogens is 471 g/mol. The number of ketones is 1. The number of hydrogen-bond donors (Lipinski definition) is 2. The fourth-order valence-corrected chi connectivity index (χ4v) is 4.71. The molecule has 2 heterocycles. The molecule has 0 atom stereocenters. The molecule has 33 heavy (non-hydrogen) atoms. The van der Waals surface area contributed by atoms with Gasteiger partial charge in [-0.15, -0.1) is 0 Å². The number of thiazole rings is 1. The highest BCUT2D eigenvalue weighted by Gasteiger charge is 2.31. The van der Waals surface area contributed by atoms with E-state index in [0.29, 0.717) is 15.2 Å². The SMILES string of the molecule is CCOC(=O)CCC(=O)c1c(O)c(O)n(-c2nc3ccc(Cl)cc3s2)c1-c1ccccc1F. The first-order chi connectivity index (χ1) is 15.8. The van der Waals surface area contributed by atoms with Crippen molar-refractivity contribution in [3.63, 3.8) is 0 Å². The normalized spacial score (nSPS) is 11.1. The van der Waals surface area contributed by atoms with Crippen molar-refractivity contribution in [3.8, 4) is 28.0 Å². The van der Waals surface area contributed by atoms with Gasteiger partial charge in [-0.2, -0.15) is 0 Å². The largest absolute Gasteiger partial charge is 0.503 e. The van der Waals surface area contributed by atoms with Crippen LogP contribution in [0, 0.1) is 5.82 Å². The number of ether oxygens (including phenoxy) is 1. The maximum atomic E-state index is 14.8. The van der Waals surface area contributed by atoms with Gasteiger partial charge in [-0.25, -0.2) is 9.37 Å². The minimum absolute atomic E-state index is 0.0233. The van der Waals surface area contributed by atoms with Crippen LogP contribution in [0.1, 0.15) is 30.1 Å². The first kappa shape index (κ1) is 22.8. The van der Waals surface area contributed by atoms with Crippen molar-refractivity contribution in [2.45, 2.75) is 19.8 Å². The highest BCUT2D eigenvalue weighted by atomic mass is 35.5. The van der Waals surface area contributed by atoms with Gasteiger partial charge in [0.05, 0.1) is 34.5 Å². The van der Waals surface area contributed by atoms with Crippen molar-refractivity contribution >= 4 is 44.9 Å². The number of halogens is 2. The van der Waals surface area contributed by atoms with Gasteiger partial charge < -0.3 is 14.9 Å². The van der Waals surface area contributed by atoms with Crippen molar-refractivity contribution in [2.75, 3.05) is 6.61 Å². The van der Waals surface area contributed by atoms with Gasteiger partial charge in [0.1, 0.15) is 5.82 Å². The Bertz CT molecular complexity index is 1380. The monoisotopic (exact) mass is 488 g/mol. The van der Waals surface area contributed by atoms with Crippen molar-refractivity contribution in [3.05, 3.63) is 58.9 Å². The van der Waals surface area contributed by atoms with E-state index in [0.717, 1.165) is 15.9 Å². The van der Waals surface area contributed by atoms with Gasteiger partial charge in [0.15, 0.2) is 16.7 Å². The van der Waals surface area contributed by atoms with Gasteiger partial charge in [0.25, 0.3) is 0 Å². The minimum Gasteiger partial charge on any atom is -0.503 e. The first-order valence-corrected chi connectivity index (χ1v) is 11.2. The molecule has 0 saturated carbocycles. The van der Waals surface area contributed by atoms with Gasteiger partial charge in [0, 0.05) is 17.0 Å². The topological polar surface area (TPSA) is 102 Å². The highest BCUT2D eigenvalue weighted by Crippen LogP contribution is 2.45. The average Bonchev–Trinajstić information content (AvgIpc) is 3.30. The fourth-order valence-electron chi connectivity index (χ4n) is 3.46. The molecule has 0 amide bonds. The molecule has 2 aromatic carbocycles. The maximum Gasteiger partial charge on any atom is 0.306 e. The summed E-state index contributed by atoms with van der Waals surface area (Å²) in [5.41, 5.74) is 0.174. The zero-order valence-electron chi connectivity index (χ0n) is 17.3. The average molecular weight is 489 g/mol. The lowest BCUT2D eigenvalue weighted by Crippen LogP contribution is -2.09. The van der Waals surface area contributed by atoms with Gasteiger partial charge >= 0.3 is 5.97 Å². The number of carbonyl (C=O) groups is 2. The molecule has 2 aromatic heterocycles. The van der Waals surface area contributed by atoms with E-state index in [4.69, 9.17) is 16.3 Å². The van der Waals surface area contributed by atoms with Gasteiger partial charge in [-0.3, -0.25) is 14.2 Å². The summed E-state index contributed by atoms with van der Waals surface area (Å²) in [6.45, 7) is 1.81. The van der Waals surface area contributed by atoms with E-state index in [1.807, 2.05) is 0 Å². The molecule has 0 aliphatic rings. The molecule has 0 saturated heterocycles. The van der Waals surface area contributed by atoms with Crippen LogP contribution in [0.25, 0.3) is 26.6 Å². The molecule has 0 fully saturated rings. The van der Waals surface area contributed by atoms with E-state index >= 15 is 0 Å². The standard InChI is InChI=1S/C23H18ClFN2O5S/c1-2-32-18(29)10-9-16(28)19-20(13-5-3-4-6-14(13)25)27(22(31)21(19)30)23-26-15-8-7-12(24)11-17(15)33-23/h3-8,11,30-31H,2,9-10H2,1H3. The van der Waals surface area contributed by atoms with E-state index in [2.05, 4.69) is 4.98 Å². The van der Waals surface area contributed by atoms with Gasteiger partial charge in [-0.1, -0.05) is 35.1 Å². The number of fused-ring (bicyclic) bond motifs is 1. The second-order valence-corrected chi connectivity index (χ2v) is 8.49.